The summed E-state index contributed by atoms with van der Waals surface area (Å²) in [7, 11) is 1.69. The van der Waals surface area contributed by atoms with E-state index < -0.39 is 0 Å². The Bertz CT molecular complexity index is 1940. The summed E-state index contributed by atoms with van der Waals surface area (Å²) in [5.74, 6) is 3.32. The summed E-state index contributed by atoms with van der Waals surface area (Å²) in [4.78, 5) is 20.1. The number of aryl methyl sites for hydroxylation is 1. The van der Waals surface area contributed by atoms with Gasteiger partial charge in [-0.1, -0.05) is 130 Å². The normalized spacial score (nSPS) is 24.3. The van der Waals surface area contributed by atoms with Crippen LogP contribution in [0.2, 0.25) is 0 Å². The lowest BCUT2D eigenvalue weighted by atomic mass is 9.50. The monoisotopic (exact) mass is 780 g/mol. The Morgan fingerprint density at radius 1 is 0.845 bits per heavy atom. The Balaban J connectivity index is 0.953. The predicted molar refractivity (Wildman–Crippen MR) is 232 cm³/mol. The van der Waals surface area contributed by atoms with E-state index in [1.165, 1.54) is 86.6 Å². The summed E-state index contributed by atoms with van der Waals surface area (Å²) in [5, 5.41) is 11.6. The minimum absolute atomic E-state index is 0.0425. The number of ether oxygens (including phenoxy) is 2. The fourth-order valence-corrected chi connectivity index (χ4v) is 11.8. The van der Waals surface area contributed by atoms with Crippen molar-refractivity contribution in [3.63, 3.8) is 0 Å². The highest BCUT2D eigenvalue weighted by molar-refractivity contribution is 5.77. The molecule has 6 heteroatoms. The first-order valence-electron chi connectivity index (χ1n) is 22.8. The van der Waals surface area contributed by atoms with Crippen molar-refractivity contribution in [2.24, 2.45) is 11.8 Å². The number of nitrogens with zero attached hydrogens (tertiary/aromatic N) is 2. The topological polar surface area (TPSA) is 62.2 Å². The Kier molecular flexibility index (Phi) is 11.8. The van der Waals surface area contributed by atoms with E-state index in [9.17, 15) is 5.11 Å². The van der Waals surface area contributed by atoms with Crippen LogP contribution in [-0.2, 0) is 23.1 Å². The van der Waals surface area contributed by atoms with Crippen molar-refractivity contribution in [1.29, 1.82) is 0 Å². The molecule has 0 unspecified atom stereocenters. The Hall–Kier alpha value is -4.29. The van der Waals surface area contributed by atoms with Crippen LogP contribution in [0.4, 0.5) is 0 Å². The number of hydrogen-bond acceptors (Lipinski definition) is 5. The smallest absolute Gasteiger partial charge is 0.222 e. The van der Waals surface area contributed by atoms with Gasteiger partial charge in [-0.3, -0.25) is 9.69 Å². The summed E-state index contributed by atoms with van der Waals surface area (Å²) in [6, 6.07) is 34.5. The number of aromatic hydroxyl groups is 1. The van der Waals surface area contributed by atoms with Gasteiger partial charge in [-0.15, -0.1) is 0 Å². The summed E-state index contributed by atoms with van der Waals surface area (Å²) < 4.78 is 13.2. The molecule has 1 saturated heterocycles. The van der Waals surface area contributed by atoms with E-state index in [-0.39, 0.29) is 29.4 Å². The maximum atomic E-state index is 15.0. The minimum atomic E-state index is -0.253. The third-order valence-electron chi connectivity index (χ3n) is 14.9. The molecule has 5 atom stereocenters. The maximum absolute atomic E-state index is 15.0. The zero-order valence-electron chi connectivity index (χ0n) is 34.7. The summed E-state index contributed by atoms with van der Waals surface area (Å²) in [6.07, 6.45) is 17.6. The summed E-state index contributed by atoms with van der Waals surface area (Å²) in [6.45, 7) is 2.82. The van der Waals surface area contributed by atoms with Crippen molar-refractivity contribution in [3.05, 3.63) is 125 Å². The van der Waals surface area contributed by atoms with Crippen LogP contribution in [0.1, 0.15) is 124 Å². The largest absolute Gasteiger partial charge is 0.508 e. The molecule has 6 nitrogen and oxygen atoms in total. The molecule has 306 valence electrons. The van der Waals surface area contributed by atoms with Gasteiger partial charge in [0.25, 0.3) is 0 Å². The van der Waals surface area contributed by atoms with E-state index in [0.717, 1.165) is 62.3 Å². The molecule has 4 aromatic carbocycles. The number of hydrogen-bond donors (Lipinski definition) is 1. The second-order valence-corrected chi connectivity index (χ2v) is 18.3. The third kappa shape index (κ3) is 7.78. The number of methoxy groups -OCH3 is 1. The number of likely N-dealkylation sites (tertiary alicyclic amines) is 1. The Labute approximate surface area is 346 Å². The van der Waals surface area contributed by atoms with Gasteiger partial charge in [-0.25, -0.2) is 0 Å². The lowest BCUT2D eigenvalue weighted by Crippen LogP contribution is -2.69. The van der Waals surface area contributed by atoms with Gasteiger partial charge in [0.15, 0.2) is 11.5 Å². The highest BCUT2D eigenvalue weighted by atomic mass is 16.5. The predicted octanol–water partition coefficient (Wildman–Crippen LogP) is 10.6. The van der Waals surface area contributed by atoms with Crippen LogP contribution in [0.3, 0.4) is 0 Å². The molecular weight excluding hydrogens is 717 g/mol. The Morgan fingerprint density at radius 3 is 2.14 bits per heavy atom. The molecule has 5 aliphatic rings. The number of carbonyl (C=O) groups is 1. The van der Waals surface area contributed by atoms with Gasteiger partial charge in [0.2, 0.25) is 5.91 Å². The molecule has 9 rings (SSSR count). The number of phenols is 1. The lowest BCUT2D eigenvalue weighted by molar-refractivity contribution is -0.143. The van der Waals surface area contributed by atoms with Gasteiger partial charge in [-0.05, 0) is 92.9 Å². The van der Waals surface area contributed by atoms with Gasteiger partial charge in [0, 0.05) is 54.1 Å². The van der Waals surface area contributed by atoms with Gasteiger partial charge < -0.3 is 19.5 Å². The number of piperidine rings is 1. The fourth-order valence-electron chi connectivity index (χ4n) is 11.8. The van der Waals surface area contributed by atoms with Crippen molar-refractivity contribution in [2.45, 2.75) is 132 Å². The zero-order chi connectivity index (χ0) is 39.5. The molecule has 2 saturated carbocycles. The molecule has 1 spiro atoms. The van der Waals surface area contributed by atoms with Gasteiger partial charge >= 0.3 is 0 Å². The SMILES string of the molecule is COc1cc(O)c2c3c1O[C@H]1[C@@H](N(CC(c4ccccc4)c4ccccc4)C(=O)CCCCCCCCCCc4ccccc4)CC[C@H]4[C@@H](C2)N(CC2CC2)CC[C@@]341. The molecule has 58 heavy (non-hydrogen) atoms. The minimum Gasteiger partial charge on any atom is -0.508 e. The van der Waals surface area contributed by atoms with Crippen LogP contribution in [0.15, 0.2) is 97.1 Å². The number of carbonyl (C=O) groups excluding carboxylic acids is 1. The van der Waals surface area contributed by atoms with Crippen LogP contribution in [-0.4, -0.2) is 65.7 Å². The molecule has 2 bridgehead atoms. The van der Waals surface area contributed by atoms with E-state index >= 15 is 4.79 Å². The molecule has 2 aliphatic heterocycles. The van der Waals surface area contributed by atoms with Gasteiger partial charge in [0.05, 0.1) is 13.2 Å². The lowest BCUT2D eigenvalue weighted by Gasteiger charge is -2.60. The number of amides is 1. The molecule has 0 aromatic heterocycles. The number of unbranched alkanes of at least 4 members (excludes halogenated alkanes) is 7. The van der Waals surface area contributed by atoms with E-state index in [2.05, 4.69) is 101 Å². The standard InChI is InChI=1S/C52H64N2O4/c1-57-47-34-46(55)41-33-45-43-29-30-44(51-52(43,49(41)50(47)58-51)31-32-53(45)35-38-27-28-38)54(36-42(39-22-14-9-15-23-39)40-24-16-10-17-25-40)48(56)26-18-7-5-3-2-4-6-11-19-37-20-12-8-13-21-37/h8-10,12-17,20-25,34,38,42-45,51,55H,2-7,11,18-19,26-33,35-36H2,1H3/t43-,44-,45+,51-,52-/m0/s1. The average molecular weight is 781 g/mol. The highest BCUT2D eigenvalue weighted by Gasteiger charge is 2.67. The second-order valence-electron chi connectivity index (χ2n) is 18.3. The molecular formula is C52H64N2O4. The number of phenolic OH excluding ortho intramolecular Hbond substituents is 1. The van der Waals surface area contributed by atoms with Crippen molar-refractivity contribution < 1.29 is 19.4 Å². The van der Waals surface area contributed by atoms with Gasteiger partial charge in [-0.2, -0.15) is 0 Å². The average Bonchev–Trinajstić information content (AvgIpc) is 4.02. The molecule has 2 heterocycles. The molecule has 3 fully saturated rings. The van der Waals surface area contributed by atoms with E-state index in [4.69, 9.17) is 9.47 Å². The molecule has 1 N–H and O–H groups in total. The van der Waals surface area contributed by atoms with Crippen LogP contribution in [0.5, 0.6) is 17.2 Å². The first-order chi connectivity index (χ1) is 28.5. The zero-order valence-corrected chi connectivity index (χ0v) is 34.7. The van der Waals surface area contributed by atoms with Crippen LogP contribution < -0.4 is 9.47 Å². The first kappa shape index (κ1) is 39.2. The molecule has 4 aromatic rings. The summed E-state index contributed by atoms with van der Waals surface area (Å²) in [5.41, 5.74) is 5.91. The third-order valence-corrected chi connectivity index (χ3v) is 14.9. The van der Waals surface area contributed by atoms with Gasteiger partial charge in [0.1, 0.15) is 11.9 Å². The molecule has 3 aliphatic carbocycles. The number of rotatable bonds is 19. The second kappa shape index (κ2) is 17.5. The van der Waals surface area contributed by atoms with Crippen LogP contribution in [0.25, 0.3) is 0 Å². The van der Waals surface area contributed by atoms with Crippen LogP contribution >= 0.6 is 0 Å². The highest BCUT2D eigenvalue weighted by Crippen LogP contribution is 2.66. The quantitative estimate of drug-likeness (QED) is 0.0961. The van der Waals surface area contributed by atoms with Crippen molar-refractivity contribution in [3.8, 4) is 17.2 Å². The Morgan fingerprint density at radius 2 is 1.48 bits per heavy atom. The van der Waals surface area contributed by atoms with Crippen molar-refractivity contribution >= 4 is 5.91 Å². The number of benzene rings is 4. The van der Waals surface area contributed by atoms with Crippen LogP contribution in [0, 0.1) is 11.8 Å². The van der Waals surface area contributed by atoms with E-state index in [0.29, 0.717) is 36.4 Å². The fraction of sp³-hybridized carbons (Fsp3) is 0.519. The van der Waals surface area contributed by atoms with E-state index in [1.807, 2.05) is 0 Å². The maximum Gasteiger partial charge on any atom is 0.222 e. The van der Waals surface area contributed by atoms with Crippen molar-refractivity contribution in [2.75, 3.05) is 26.7 Å². The van der Waals surface area contributed by atoms with Crippen molar-refractivity contribution in [1.82, 2.24) is 9.80 Å². The molecule has 0 radical (unpaired) electrons. The summed E-state index contributed by atoms with van der Waals surface area (Å²) >= 11 is 0. The van der Waals surface area contributed by atoms with E-state index in [1.54, 1.807) is 13.2 Å². The first-order valence-corrected chi connectivity index (χ1v) is 22.8. The molecule has 1 amide bonds.